The van der Waals surface area contributed by atoms with Crippen LogP contribution in [0, 0.1) is 0 Å². The summed E-state index contributed by atoms with van der Waals surface area (Å²) in [5.74, 6) is 2.07. The molecule has 0 saturated carbocycles. The predicted octanol–water partition coefficient (Wildman–Crippen LogP) is 36.5. The molecule has 0 amide bonds. The molecule has 6 aromatic heterocycles. The molecule has 9 heteroatoms. The number of benzene rings is 21. The predicted molar refractivity (Wildman–Crippen MR) is 622 cm³/mol. The van der Waals surface area contributed by atoms with Crippen molar-refractivity contribution in [3.05, 3.63) is 565 Å². The topological polar surface area (TPSA) is 116 Å². The van der Waals surface area contributed by atoms with Crippen molar-refractivity contribution >= 4 is 64.6 Å². The second kappa shape index (κ2) is 41.3. The Hall–Kier alpha value is -20.1. The molecule has 27 aromatic rings. The van der Waals surface area contributed by atoms with Crippen LogP contribution < -0.4 is 0 Å². The summed E-state index contributed by atoms with van der Waals surface area (Å²) in [7, 11) is 0. The molecule has 0 saturated heterocycles. The van der Waals surface area contributed by atoms with Gasteiger partial charge in [0, 0.05) is 109 Å². The lowest BCUT2D eigenvalue weighted by atomic mass is 9.96. The molecule has 0 unspecified atom stereocenters. The third kappa shape index (κ3) is 19.5. The summed E-state index contributed by atoms with van der Waals surface area (Å²) in [6.07, 6.45) is 11.4. The van der Waals surface area contributed by atoms with Gasteiger partial charge in [0.25, 0.3) is 0 Å². The third-order valence-corrected chi connectivity index (χ3v) is 28.1. The summed E-state index contributed by atoms with van der Waals surface area (Å²) in [4.78, 5) is 44.3. The number of fused-ring (bicyclic) bond motifs is 6. The van der Waals surface area contributed by atoms with Crippen LogP contribution in [0.2, 0.25) is 0 Å². The van der Waals surface area contributed by atoms with E-state index in [0.29, 0.717) is 17.5 Å². The molecule has 0 aliphatic rings. The van der Waals surface area contributed by atoms with Crippen molar-refractivity contribution < 1.29 is 0 Å². The number of hydrogen-bond acceptors (Lipinski definition) is 9. The molecule has 27 rings (SSSR count). The van der Waals surface area contributed by atoms with Crippen LogP contribution in [0.15, 0.2) is 565 Å². The molecule has 0 N–H and O–H groups in total. The van der Waals surface area contributed by atoms with Gasteiger partial charge in [-0.25, -0.2) is 29.9 Å². The molecule has 21 aromatic carbocycles. The van der Waals surface area contributed by atoms with Crippen LogP contribution >= 0.6 is 0 Å². The van der Waals surface area contributed by atoms with Gasteiger partial charge >= 0.3 is 0 Å². The first kappa shape index (κ1) is 91.1. The third-order valence-electron chi connectivity index (χ3n) is 28.1. The number of pyridine rings is 3. The average Bonchev–Trinajstić information content (AvgIpc) is 0.787. The molecule has 0 radical (unpaired) electrons. The van der Waals surface area contributed by atoms with Gasteiger partial charge in [0.05, 0.1) is 34.2 Å². The first-order chi connectivity index (χ1) is 74.2. The SMILES string of the molecule is c1ccc(-c2ccc(-c3cc(-c4ccc(-c5cncc6ccccc56)cc4)nc(-c4ccc(-c5ccc6ccccc6c5)cc4)n3)cc2)cc1.c1ccc(-c2cccc(-c3cc(-c4ccc(-c5cncc6ccccc56)cc4)nc(-c4ccc(-c5ccc6ccccc6c5)cc4)n3)c2)cc1.c1cncc(-c2ccc(-c3cc(-c4cccc(-c5cccc6ccccc56)c4)nc(-c4cccc(-c5ccc6ccccc6c5)c4)n3)cc2)c1. The standard InChI is InChI=1S/3C47H31N3/c1-2-11-36-27-38(25-22-32(36)9-1)37-13-5-16-41(28-37)47-49-45(35-23-20-33(21-24-35)42-17-8-26-48-31-42)30-46(50-47)40-15-6-14-39(29-40)44-19-7-12-34-10-3-4-18-43(34)44;1-2-9-32(10-3-1)39-14-8-15-41(28-39)46-29-45(36-22-20-35(21-23-36)44-31-48-30-42-13-6-7-16-43(42)44)49-47(50-46)37-24-17-34(18-25-37)40-26-19-33-11-4-5-12-38(33)27-40;1-2-8-32(9-3-1)34-14-21-37(22-15-34)45-29-46(38-23-19-36(20-24-38)44-31-48-30-42-12-6-7-13-43(42)44)50-47(49-45)39-25-16-35(17-26-39)41-27-18-33-10-4-5-11-40(33)28-41/h3*1-31H. The van der Waals surface area contributed by atoms with Gasteiger partial charge in [-0.1, -0.05) is 467 Å². The van der Waals surface area contributed by atoms with E-state index >= 15 is 0 Å². The van der Waals surface area contributed by atoms with Gasteiger partial charge in [-0.3, -0.25) is 15.0 Å². The van der Waals surface area contributed by atoms with Gasteiger partial charge in [-0.05, 0) is 204 Å². The highest BCUT2D eigenvalue weighted by Gasteiger charge is 2.21. The Labute approximate surface area is 870 Å². The minimum Gasteiger partial charge on any atom is -0.264 e. The summed E-state index contributed by atoms with van der Waals surface area (Å²) in [6.45, 7) is 0. The number of nitrogens with zero attached hydrogens (tertiary/aromatic N) is 9. The Balaban J connectivity index is 0.000000116. The first-order valence-corrected chi connectivity index (χ1v) is 50.5. The van der Waals surface area contributed by atoms with Crippen LogP contribution in [0.25, 0.3) is 266 Å². The molecule has 6 heterocycles. The largest absolute Gasteiger partial charge is 0.264 e. The van der Waals surface area contributed by atoms with Crippen molar-refractivity contribution in [1.82, 2.24) is 44.9 Å². The molecule has 0 aliphatic heterocycles. The summed E-state index contributed by atoms with van der Waals surface area (Å²) >= 11 is 0. The van der Waals surface area contributed by atoms with Gasteiger partial charge in [0.15, 0.2) is 17.5 Å². The molecule has 150 heavy (non-hydrogen) atoms. The van der Waals surface area contributed by atoms with Crippen LogP contribution in [0.1, 0.15) is 0 Å². The monoisotopic (exact) mass is 1910 g/mol. The van der Waals surface area contributed by atoms with Crippen LogP contribution in [-0.2, 0) is 0 Å². The Morgan fingerprint density at radius 1 is 0.107 bits per heavy atom. The second-order valence-corrected chi connectivity index (χ2v) is 37.6. The lowest BCUT2D eigenvalue weighted by molar-refractivity contribution is 1.18. The van der Waals surface area contributed by atoms with E-state index in [9.17, 15) is 0 Å². The van der Waals surface area contributed by atoms with Gasteiger partial charge in [-0.2, -0.15) is 0 Å². The first-order valence-electron chi connectivity index (χ1n) is 50.5. The maximum atomic E-state index is 5.23. The molecule has 0 atom stereocenters. The van der Waals surface area contributed by atoms with E-state index in [0.717, 1.165) is 162 Å². The molecule has 0 aliphatic carbocycles. The quantitative estimate of drug-likeness (QED) is 0.0828. The fraction of sp³-hybridized carbons (Fsp3) is 0. The Kier molecular flexibility index (Phi) is 25.1. The highest BCUT2D eigenvalue weighted by atomic mass is 14.9. The maximum Gasteiger partial charge on any atom is 0.160 e. The van der Waals surface area contributed by atoms with Gasteiger partial charge in [0.1, 0.15) is 0 Å². The Morgan fingerprint density at radius 3 is 0.787 bits per heavy atom. The maximum absolute atomic E-state index is 5.23. The van der Waals surface area contributed by atoms with E-state index in [2.05, 4.69) is 512 Å². The minimum atomic E-state index is 0.687. The summed E-state index contributed by atoms with van der Waals surface area (Å²) in [5.41, 5.74) is 35.0. The van der Waals surface area contributed by atoms with Crippen LogP contribution in [0.5, 0.6) is 0 Å². The van der Waals surface area contributed by atoms with Gasteiger partial charge < -0.3 is 0 Å². The molecule has 0 bridgehead atoms. The smallest absolute Gasteiger partial charge is 0.160 e. The van der Waals surface area contributed by atoms with Gasteiger partial charge in [-0.15, -0.1) is 0 Å². The molecular formula is C141H93N9. The van der Waals surface area contributed by atoms with Gasteiger partial charge in [0.2, 0.25) is 0 Å². The van der Waals surface area contributed by atoms with E-state index in [1.807, 2.05) is 61.3 Å². The minimum absolute atomic E-state index is 0.687. The summed E-state index contributed by atoms with van der Waals surface area (Å²) in [6, 6.07) is 186. The van der Waals surface area contributed by atoms with Crippen molar-refractivity contribution in [3.63, 3.8) is 0 Å². The number of aromatic nitrogens is 9. The average molecular weight is 1910 g/mol. The number of hydrogen-bond donors (Lipinski definition) is 0. The van der Waals surface area contributed by atoms with E-state index in [1.54, 1.807) is 6.20 Å². The molecular weight excluding hydrogens is 1820 g/mol. The van der Waals surface area contributed by atoms with Crippen molar-refractivity contribution in [1.29, 1.82) is 0 Å². The lowest BCUT2D eigenvalue weighted by Crippen LogP contribution is -1.96. The van der Waals surface area contributed by atoms with Crippen LogP contribution in [0.3, 0.4) is 0 Å². The zero-order chi connectivity index (χ0) is 99.8. The normalized spacial score (nSPS) is 11.2. The molecule has 0 spiro atoms. The van der Waals surface area contributed by atoms with Crippen LogP contribution in [-0.4, -0.2) is 44.9 Å². The van der Waals surface area contributed by atoms with Crippen molar-refractivity contribution in [2.45, 2.75) is 0 Å². The Bertz CT molecular complexity index is 9630. The van der Waals surface area contributed by atoms with Crippen molar-refractivity contribution in [3.8, 4) is 202 Å². The summed E-state index contributed by atoms with van der Waals surface area (Å²) in [5, 5.41) is 14.5. The zero-order valence-corrected chi connectivity index (χ0v) is 81.7. The highest BCUT2D eigenvalue weighted by Crippen LogP contribution is 2.42. The second-order valence-electron chi connectivity index (χ2n) is 37.6. The van der Waals surface area contributed by atoms with Crippen LogP contribution in [0.4, 0.5) is 0 Å². The lowest BCUT2D eigenvalue weighted by Gasteiger charge is -2.13. The fourth-order valence-electron chi connectivity index (χ4n) is 20.2. The van der Waals surface area contributed by atoms with E-state index in [-0.39, 0.29) is 0 Å². The van der Waals surface area contributed by atoms with E-state index in [4.69, 9.17) is 29.9 Å². The summed E-state index contributed by atoms with van der Waals surface area (Å²) < 4.78 is 0. The zero-order valence-electron chi connectivity index (χ0n) is 81.7. The fourth-order valence-corrected chi connectivity index (χ4v) is 20.2. The molecule has 0 fully saturated rings. The van der Waals surface area contributed by atoms with Crippen molar-refractivity contribution in [2.75, 3.05) is 0 Å². The highest BCUT2D eigenvalue weighted by molar-refractivity contribution is 6.01. The van der Waals surface area contributed by atoms with E-state index < -0.39 is 0 Å². The molecule has 702 valence electrons. The number of rotatable bonds is 18. The Morgan fingerprint density at radius 2 is 0.360 bits per heavy atom. The van der Waals surface area contributed by atoms with Crippen molar-refractivity contribution in [2.24, 2.45) is 0 Å². The molecule has 9 nitrogen and oxygen atoms in total. The van der Waals surface area contributed by atoms with E-state index in [1.165, 1.54) is 87.2 Å².